The summed E-state index contributed by atoms with van der Waals surface area (Å²) in [5.41, 5.74) is 0. The SMILES string of the molecule is CCC(CC)(CNc1ccc(Cl)cn1)SC. The number of nitrogens with one attached hydrogen (secondary N) is 1. The molecule has 1 rings (SSSR count). The van der Waals surface area contributed by atoms with Crippen molar-refractivity contribution in [1.82, 2.24) is 4.98 Å². The second-order valence-electron chi connectivity index (χ2n) is 3.81. The molecule has 90 valence electrons. The summed E-state index contributed by atoms with van der Waals surface area (Å²) in [5, 5.41) is 4.05. The molecule has 0 saturated heterocycles. The molecule has 1 aromatic rings. The third-order valence-electron chi connectivity index (χ3n) is 3.04. The fraction of sp³-hybridized carbons (Fsp3) is 0.583. The van der Waals surface area contributed by atoms with Crippen molar-refractivity contribution in [2.24, 2.45) is 0 Å². The van der Waals surface area contributed by atoms with Gasteiger partial charge in [0.05, 0.1) is 5.02 Å². The highest BCUT2D eigenvalue weighted by molar-refractivity contribution is 8.00. The van der Waals surface area contributed by atoms with Crippen molar-refractivity contribution in [2.75, 3.05) is 18.1 Å². The van der Waals surface area contributed by atoms with Gasteiger partial charge in [0.2, 0.25) is 0 Å². The molecule has 4 heteroatoms. The van der Waals surface area contributed by atoms with E-state index < -0.39 is 0 Å². The number of halogens is 1. The molecule has 0 spiro atoms. The topological polar surface area (TPSA) is 24.9 Å². The molecular formula is C12H19ClN2S. The van der Waals surface area contributed by atoms with Crippen LogP contribution < -0.4 is 5.32 Å². The van der Waals surface area contributed by atoms with Crippen molar-refractivity contribution in [3.05, 3.63) is 23.4 Å². The number of nitrogens with zero attached hydrogens (tertiary/aromatic N) is 1. The van der Waals surface area contributed by atoms with E-state index in [0.29, 0.717) is 9.77 Å². The average molecular weight is 259 g/mol. The Kier molecular flexibility index (Phi) is 5.42. The second-order valence-corrected chi connectivity index (χ2v) is 5.52. The molecule has 2 nitrogen and oxygen atoms in total. The van der Waals surface area contributed by atoms with Gasteiger partial charge in [-0.25, -0.2) is 4.98 Å². The molecule has 0 aromatic carbocycles. The van der Waals surface area contributed by atoms with Crippen LogP contribution in [0.25, 0.3) is 0 Å². The van der Waals surface area contributed by atoms with Gasteiger partial charge >= 0.3 is 0 Å². The minimum atomic E-state index is 0.307. The van der Waals surface area contributed by atoms with Crippen molar-refractivity contribution < 1.29 is 0 Å². The lowest BCUT2D eigenvalue weighted by Gasteiger charge is -2.30. The van der Waals surface area contributed by atoms with E-state index in [1.54, 1.807) is 6.20 Å². The number of thioether (sulfide) groups is 1. The first-order chi connectivity index (χ1) is 7.65. The highest BCUT2D eigenvalue weighted by atomic mass is 35.5. The van der Waals surface area contributed by atoms with Crippen molar-refractivity contribution in [2.45, 2.75) is 31.4 Å². The average Bonchev–Trinajstić information content (AvgIpc) is 2.34. The first kappa shape index (κ1) is 13.7. The predicted octanol–water partition coefficient (Wildman–Crippen LogP) is 4.07. The van der Waals surface area contributed by atoms with Gasteiger partial charge in [0.1, 0.15) is 5.82 Å². The van der Waals surface area contributed by atoms with Crippen LogP contribution in [0.5, 0.6) is 0 Å². The third-order valence-corrected chi connectivity index (χ3v) is 4.85. The van der Waals surface area contributed by atoms with E-state index in [2.05, 4.69) is 30.4 Å². The molecule has 16 heavy (non-hydrogen) atoms. The zero-order valence-corrected chi connectivity index (χ0v) is 11.7. The maximum Gasteiger partial charge on any atom is 0.126 e. The van der Waals surface area contributed by atoms with Crippen LogP contribution in [-0.2, 0) is 0 Å². The van der Waals surface area contributed by atoms with Gasteiger partial charge in [0, 0.05) is 17.5 Å². The van der Waals surface area contributed by atoms with E-state index in [1.807, 2.05) is 23.9 Å². The Balaban J connectivity index is 2.58. The molecule has 0 bridgehead atoms. The highest BCUT2D eigenvalue weighted by Gasteiger charge is 2.24. The van der Waals surface area contributed by atoms with Crippen LogP contribution in [0.1, 0.15) is 26.7 Å². The molecule has 0 fully saturated rings. The lowest BCUT2D eigenvalue weighted by Crippen LogP contribution is -2.32. The second kappa shape index (κ2) is 6.36. The summed E-state index contributed by atoms with van der Waals surface area (Å²) in [4.78, 5) is 4.23. The van der Waals surface area contributed by atoms with Crippen molar-refractivity contribution >= 4 is 29.2 Å². The van der Waals surface area contributed by atoms with E-state index >= 15 is 0 Å². The van der Waals surface area contributed by atoms with Gasteiger partial charge in [-0.15, -0.1) is 0 Å². The smallest absolute Gasteiger partial charge is 0.126 e. The third kappa shape index (κ3) is 3.56. The number of hydrogen-bond donors (Lipinski definition) is 1. The molecule has 0 unspecified atom stereocenters. The van der Waals surface area contributed by atoms with E-state index in [1.165, 1.54) is 0 Å². The number of hydrogen-bond acceptors (Lipinski definition) is 3. The first-order valence-electron chi connectivity index (χ1n) is 5.56. The van der Waals surface area contributed by atoms with Gasteiger partial charge < -0.3 is 5.32 Å². The molecule has 0 aliphatic rings. The van der Waals surface area contributed by atoms with Gasteiger partial charge in [0.15, 0.2) is 0 Å². The van der Waals surface area contributed by atoms with Crippen LogP contribution in [0.4, 0.5) is 5.82 Å². The molecule has 0 amide bonds. The Morgan fingerprint density at radius 1 is 1.38 bits per heavy atom. The van der Waals surface area contributed by atoms with Crippen LogP contribution in [0.2, 0.25) is 5.02 Å². The zero-order valence-electron chi connectivity index (χ0n) is 10.1. The van der Waals surface area contributed by atoms with E-state index in [4.69, 9.17) is 11.6 Å². The van der Waals surface area contributed by atoms with Crippen molar-refractivity contribution in [1.29, 1.82) is 0 Å². The largest absolute Gasteiger partial charge is 0.369 e. The van der Waals surface area contributed by atoms with Gasteiger partial charge in [0.25, 0.3) is 0 Å². The molecule has 0 aliphatic carbocycles. The molecule has 0 saturated carbocycles. The monoisotopic (exact) mass is 258 g/mol. The van der Waals surface area contributed by atoms with Crippen molar-refractivity contribution in [3.63, 3.8) is 0 Å². The summed E-state index contributed by atoms with van der Waals surface area (Å²) in [7, 11) is 0. The number of anilines is 1. The number of rotatable bonds is 6. The van der Waals surface area contributed by atoms with Crippen molar-refractivity contribution in [3.8, 4) is 0 Å². The fourth-order valence-electron chi connectivity index (χ4n) is 1.59. The Hall–Kier alpha value is -0.410. The Morgan fingerprint density at radius 3 is 2.50 bits per heavy atom. The quantitative estimate of drug-likeness (QED) is 0.833. The van der Waals surface area contributed by atoms with E-state index in [-0.39, 0.29) is 0 Å². The first-order valence-corrected chi connectivity index (χ1v) is 7.16. The number of aromatic nitrogens is 1. The summed E-state index contributed by atoms with van der Waals surface area (Å²) < 4.78 is 0.307. The van der Waals surface area contributed by atoms with E-state index in [0.717, 1.165) is 25.2 Å². The zero-order chi connectivity index (χ0) is 12.0. The maximum absolute atomic E-state index is 5.79. The standard InChI is InChI=1S/C12H19ClN2S/c1-4-12(5-2,16-3)9-15-11-7-6-10(13)8-14-11/h6-8H,4-5,9H2,1-3H3,(H,14,15). The molecule has 1 N–H and O–H groups in total. The van der Waals surface area contributed by atoms with Crippen LogP contribution in [-0.4, -0.2) is 22.5 Å². The molecule has 1 heterocycles. The molecular weight excluding hydrogens is 240 g/mol. The van der Waals surface area contributed by atoms with E-state index in [9.17, 15) is 0 Å². The summed E-state index contributed by atoms with van der Waals surface area (Å²) >= 11 is 7.71. The molecule has 0 aliphatic heterocycles. The Bertz CT molecular complexity index is 301. The lowest BCUT2D eigenvalue weighted by molar-refractivity contribution is 0.574. The van der Waals surface area contributed by atoms with Crippen LogP contribution in [0.3, 0.4) is 0 Å². The number of pyridine rings is 1. The minimum absolute atomic E-state index is 0.307. The Morgan fingerprint density at radius 2 is 2.06 bits per heavy atom. The van der Waals surface area contributed by atoms with Gasteiger partial charge in [-0.2, -0.15) is 11.8 Å². The summed E-state index contributed by atoms with van der Waals surface area (Å²) in [6.07, 6.45) is 6.16. The lowest BCUT2D eigenvalue weighted by atomic mass is 10.0. The maximum atomic E-state index is 5.79. The van der Waals surface area contributed by atoms with Crippen LogP contribution >= 0.6 is 23.4 Å². The van der Waals surface area contributed by atoms with Gasteiger partial charge in [-0.1, -0.05) is 25.4 Å². The van der Waals surface area contributed by atoms with Crippen LogP contribution in [0, 0.1) is 0 Å². The summed E-state index contributed by atoms with van der Waals surface area (Å²) in [6.45, 7) is 5.41. The van der Waals surface area contributed by atoms with Gasteiger partial charge in [-0.3, -0.25) is 0 Å². The normalized spacial score (nSPS) is 11.5. The highest BCUT2D eigenvalue weighted by Crippen LogP contribution is 2.30. The Labute approximate surface area is 107 Å². The summed E-state index contributed by atoms with van der Waals surface area (Å²) in [5.74, 6) is 0.893. The minimum Gasteiger partial charge on any atom is -0.369 e. The van der Waals surface area contributed by atoms with Gasteiger partial charge in [-0.05, 0) is 31.2 Å². The van der Waals surface area contributed by atoms with Crippen LogP contribution in [0.15, 0.2) is 18.3 Å². The fourth-order valence-corrected chi connectivity index (χ4v) is 2.50. The molecule has 0 atom stereocenters. The molecule has 0 radical (unpaired) electrons. The summed E-state index contributed by atoms with van der Waals surface area (Å²) in [6, 6.07) is 3.77. The predicted molar refractivity (Wildman–Crippen MR) is 74.6 cm³/mol. The molecule has 1 aromatic heterocycles.